The minimum atomic E-state index is -4.41. The van der Waals surface area contributed by atoms with Crippen LogP contribution in [0.4, 0.5) is 0 Å². The Hall–Kier alpha value is -2.16. The Balaban J connectivity index is 2.05. The molecule has 7 nitrogen and oxygen atoms in total. The highest BCUT2D eigenvalue weighted by Crippen LogP contribution is 2.14. The summed E-state index contributed by atoms with van der Waals surface area (Å²) in [5.74, 6) is -0.486. The van der Waals surface area contributed by atoms with E-state index in [2.05, 4.69) is 10.5 Å². The number of halogens is 1. The number of benzene rings is 1. The molecule has 110 valence electrons. The van der Waals surface area contributed by atoms with E-state index in [0.717, 1.165) is 12.3 Å². The number of hydrogen-bond acceptors (Lipinski definition) is 5. The van der Waals surface area contributed by atoms with Crippen molar-refractivity contribution in [3.63, 3.8) is 0 Å². The number of hydrazone groups is 1. The number of rotatable bonds is 4. The predicted molar refractivity (Wildman–Crippen MR) is 75.0 cm³/mol. The summed E-state index contributed by atoms with van der Waals surface area (Å²) in [5.41, 5.74) is 2.46. The summed E-state index contributed by atoms with van der Waals surface area (Å²) in [5, 5.41) is 3.27. The van der Waals surface area contributed by atoms with Crippen molar-refractivity contribution in [3.8, 4) is 0 Å². The van der Waals surface area contributed by atoms with Crippen LogP contribution in [0.3, 0.4) is 0 Å². The molecule has 1 amide bonds. The van der Waals surface area contributed by atoms with E-state index in [-0.39, 0.29) is 16.3 Å². The van der Waals surface area contributed by atoms with Gasteiger partial charge in [-0.3, -0.25) is 9.35 Å². The Morgan fingerprint density at radius 1 is 1.29 bits per heavy atom. The summed E-state index contributed by atoms with van der Waals surface area (Å²) < 4.78 is 35.1. The first kappa shape index (κ1) is 15.2. The van der Waals surface area contributed by atoms with Gasteiger partial charge in [0.25, 0.3) is 5.91 Å². The number of nitrogens with one attached hydrogen (secondary N) is 1. The van der Waals surface area contributed by atoms with Gasteiger partial charge in [0.05, 0.1) is 16.8 Å². The summed E-state index contributed by atoms with van der Waals surface area (Å²) in [6, 6.07) is 8.75. The first-order valence-electron chi connectivity index (χ1n) is 5.53. The van der Waals surface area contributed by atoms with Gasteiger partial charge in [-0.25, -0.2) is 5.43 Å². The molecule has 2 rings (SSSR count). The van der Waals surface area contributed by atoms with E-state index >= 15 is 0 Å². The largest absolute Gasteiger partial charge is 0.441 e. The SMILES string of the molecule is O=C(N/N=C\c1ccc(S(=O)(=O)O)o1)c1ccccc1Cl. The van der Waals surface area contributed by atoms with Crippen LogP contribution in [-0.4, -0.2) is 25.1 Å². The molecule has 0 atom stereocenters. The Morgan fingerprint density at radius 2 is 2.00 bits per heavy atom. The van der Waals surface area contributed by atoms with Crippen LogP contribution < -0.4 is 5.43 Å². The maximum Gasteiger partial charge on any atom is 0.328 e. The van der Waals surface area contributed by atoms with Gasteiger partial charge in [-0.1, -0.05) is 23.7 Å². The van der Waals surface area contributed by atoms with Crippen molar-refractivity contribution < 1.29 is 22.2 Å². The average molecular weight is 329 g/mol. The molecule has 2 N–H and O–H groups in total. The van der Waals surface area contributed by atoms with Crippen LogP contribution in [0.25, 0.3) is 0 Å². The highest BCUT2D eigenvalue weighted by Gasteiger charge is 2.14. The van der Waals surface area contributed by atoms with Gasteiger partial charge in [0.15, 0.2) is 0 Å². The monoisotopic (exact) mass is 328 g/mol. The zero-order chi connectivity index (χ0) is 15.5. The molecule has 0 aliphatic carbocycles. The van der Waals surface area contributed by atoms with Crippen molar-refractivity contribution in [1.29, 1.82) is 0 Å². The van der Waals surface area contributed by atoms with Gasteiger partial charge in [-0.05, 0) is 24.3 Å². The zero-order valence-corrected chi connectivity index (χ0v) is 11.9. The number of carbonyl (C=O) groups is 1. The lowest BCUT2D eigenvalue weighted by molar-refractivity contribution is 0.0955. The third-order valence-electron chi connectivity index (χ3n) is 2.33. The van der Waals surface area contributed by atoms with Gasteiger partial charge >= 0.3 is 10.1 Å². The van der Waals surface area contributed by atoms with E-state index in [1.54, 1.807) is 18.2 Å². The molecule has 0 bridgehead atoms. The van der Waals surface area contributed by atoms with Crippen molar-refractivity contribution >= 4 is 33.8 Å². The molecule has 0 aliphatic rings. The second-order valence-corrected chi connectivity index (χ2v) is 5.57. The van der Waals surface area contributed by atoms with Crippen molar-refractivity contribution in [2.45, 2.75) is 5.09 Å². The molecule has 9 heteroatoms. The quantitative estimate of drug-likeness (QED) is 0.506. The molecule has 0 saturated heterocycles. The molecule has 0 fully saturated rings. The molecule has 0 saturated carbocycles. The van der Waals surface area contributed by atoms with Crippen molar-refractivity contribution in [2.24, 2.45) is 5.10 Å². The molecule has 1 aromatic heterocycles. The summed E-state index contributed by atoms with van der Waals surface area (Å²) in [6.07, 6.45) is 1.09. The Kier molecular flexibility index (Phi) is 4.41. The lowest BCUT2D eigenvalue weighted by atomic mass is 10.2. The molecule has 1 aromatic carbocycles. The Labute approximate surface area is 125 Å². The predicted octanol–water partition coefficient (Wildman–Crippen LogP) is 1.94. The highest BCUT2D eigenvalue weighted by atomic mass is 35.5. The first-order valence-corrected chi connectivity index (χ1v) is 7.35. The lowest BCUT2D eigenvalue weighted by Crippen LogP contribution is -2.17. The number of nitrogens with zero attached hydrogens (tertiary/aromatic N) is 1. The summed E-state index contributed by atoms with van der Waals surface area (Å²) in [7, 11) is -4.41. The fourth-order valence-corrected chi connectivity index (χ4v) is 2.07. The van der Waals surface area contributed by atoms with E-state index in [4.69, 9.17) is 20.6 Å². The van der Waals surface area contributed by atoms with Crippen LogP contribution in [0.1, 0.15) is 16.1 Å². The highest BCUT2D eigenvalue weighted by molar-refractivity contribution is 7.85. The molecule has 0 spiro atoms. The molecule has 0 unspecified atom stereocenters. The van der Waals surface area contributed by atoms with Gasteiger partial charge in [0, 0.05) is 0 Å². The van der Waals surface area contributed by atoms with Gasteiger partial charge in [-0.2, -0.15) is 13.5 Å². The van der Waals surface area contributed by atoms with Gasteiger partial charge in [0.2, 0.25) is 5.09 Å². The van der Waals surface area contributed by atoms with Crippen LogP contribution >= 0.6 is 11.6 Å². The fourth-order valence-electron chi connectivity index (χ4n) is 1.40. The van der Waals surface area contributed by atoms with Crippen molar-refractivity contribution in [3.05, 3.63) is 52.7 Å². The van der Waals surface area contributed by atoms with E-state index in [1.165, 1.54) is 12.1 Å². The molecule has 2 aromatic rings. The molecule has 1 heterocycles. The molecule has 21 heavy (non-hydrogen) atoms. The van der Waals surface area contributed by atoms with Crippen LogP contribution in [0.5, 0.6) is 0 Å². The number of hydrogen-bond donors (Lipinski definition) is 2. The maximum absolute atomic E-state index is 11.7. The van der Waals surface area contributed by atoms with Gasteiger partial charge in [-0.15, -0.1) is 0 Å². The summed E-state index contributed by atoms with van der Waals surface area (Å²) in [4.78, 5) is 11.7. The number of amides is 1. The second kappa shape index (κ2) is 6.08. The minimum Gasteiger partial charge on any atom is -0.441 e. The van der Waals surface area contributed by atoms with E-state index in [9.17, 15) is 13.2 Å². The van der Waals surface area contributed by atoms with Crippen LogP contribution in [-0.2, 0) is 10.1 Å². The summed E-state index contributed by atoms with van der Waals surface area (Å²) in [6.45, 7) is 0. The normalized spacial score (nSPS) is 11.7. The average Bonchev–Trinajstić information content (AvgIpc) is 2.88. The maximum atomic E-state index is 11.7. The van der Waals surface area contributed by atoms with Crippen LogP contribution in [0.15, 0.2) is 51.0 Å². The number of furan rings is 1. The smallest absolute Gasteiger partial charge is 0.328 e. The second-order valence-electron chi connectivity index (χ2n) is 3.81. The molecular formula is C12H9ClN2O5S. The van der Waals surface area contributed by atoms with E-state index < -0.39 is 21.1 Å². The Morgan fingerprint density at radius 3 is 2.62 bits per heavy atom. The van der Waals surface area contributed by atoms with Crippen molar-refractivity contribution in [2.75, 3.05) is 0 Å². The van der Waals surface area contributed by atoms with E-state index in [0.29, 0.717) is 0 Å². The van der Waals surface area contributed by atoms with E-state index in [1.807, 2.05) is 0 Å². The van der Waals surface area contributed by atoms with Gasteiger partial charge < -0.3 is 4.42 Å². The molecule has 0 aliphatic heterocycles. The first-order chi connectivity index (χ1) is 9.88. The Bertz CT molecular complexity index is 797. The topological polar surface area (TPSA) is 109 Å². The minimum absolute atomic E-state index is 0.0436. The van der Waals surface area contributed by atoms with Crippen LogP contribution in [0, 0.1) is 0 Å². The van der Waals surface area contributed by atoms with Crippen molar-refractivity contribution in [1.82, 2.24) is 5.43 Å². The number of carbonyl (C=O) groups excluding carboxylic acids is 1. The third-order valence-corrected chi connectivity index (χ3v) is 3.39. The standard InChI is InChI=1S/C12H9ClN2O5S/c13-10-4-2-1-3-9(10)12(16)15-14-7-8-5-6-11(20-8)21(17,18)19/h1-7H,(H,15,16)(H,17,18,19)/b14-7-. The lowest BCUT2D eigenvalue weighted by Gasteiger charge is -2.01. The van der Waals surface area contributed by atoms with Crippen LogP contribution in [0.2, 0.25) is 5.02 Å². The summed E-state index contributed by atoms with van der Waals surface area (Å²) >= 11 is 5.84. The van der Waals surface area contributed by atoms with Gasteiger partial charge in [0.1, 0.15) is 5.76 Å². The zero-order valence-electron chi connectivity index (χ0n) is 10.4. The third kappa shape index (κ3) is 3.91. The molecular weight excluding hydrogens is 320 g/mol. The fraction of sp³-hybridized carbons (Fsp3) is 0. The molecule has 0 radical (unpaired) electrons.